The molecular formula is C16H8F4IO7S-. The summed E-state index contributed by atoms with van der Waals surface area (Å²) in [6, 6.07) is 3.61. The van der Waals surface area contributed by atoms with Crippen LogP contribution in [0.1, 0.15) is 23.7 Å². The molecule has 0 radical (unpaired) electrons. The van der Waals surface area contributed by atoms with Gasteiger partial charge in [-0.3, -0.25) is 4.79 Å². The lowest BCUT2D eigenvalue weighted by atomic mass is 10.2. The van der Waals surface area contributed by atoms with E-state index in [1.807, 2.05) is 22.6 Å². The SMILES string of the molecule is CCC(=O)Oc1cc(I)ccc1C(=O)Oc1c(F)c(F)c(S(=O)(=O)[O-])c(F)c1F. The molecule has 0 heterocycles. The van der Waals surface area contributed by atoms with E-state index in [2.05, 4.69) is 4.74 Å². The number of halogens is 5. The van der Waals surface area contributed by atoms with Crippen LogP contribution in [0.15, 0.2) is 23.1 Å². The van der Waals surface area contributed by atoms with Crippen molar-refractivity contribution in [3.8, 4) is 11.5 Å². The van der Waals surface area contributed by atoms with Crippen molar-refractivity contribution < 1.29 is 49.6 Å². The Hall–Kier alpha value is -2.26. The van der Waals surface area contributed by atoms with Crippen LogP contribution in [-0.4, -0.2) is 24.9 Å². The minimum Gasteiger partial charge on any atom is -0.744 e. The molecule has 0 amide bonds. The van der Waals surface area contributed by atoms with Crippen molar-refractivity contribution >= 4 is 44.6 Å². The van der Waals surface area contributed by atoms with E-state index in [9.17, 15) is 40.1 Å². The first-order chi connectivity index (χ1) is 13.4. The monoisotopic (exact) mass is 547 g/mol. The van der Waals surface area contributed by atoms with Gasteiger partial charge in [0.2, 0.25) is 17.4 Å². The van der Waals surface area contributed by atoms with E-state index in [4.69, 9.17) is 4.74 Å². The fourth-order valence-electron chi connectivity index (χ4n) is 1.99. The molecule has 2 rings (SSSR count). The summed E-state index contributed by atoms with van der Waals surface area (Å²) >= 11 is 1.81. The molecule has 0 saturated carbocycles. The Morgan fingerprint density at radius 2 is 1.59 bits per heavy atom. The van der Waals surface area contributed by atoms with E-state index in [1.54, 1.807) is 0 Å². The maximum atomic E-state index is 14.0. The minimum atomic E-state index is -5.91. The van der Waals surface area contributed by atoms with Gasteiger partial charge in [-0.25, -0.2) is 22.0 Å². The number of ether oxygens (including phenoxy) is 2. The molecule has 0 aliphatic carbocycles. The van der Waals surface area contributed by atoms with Crippen LogP contribution in [0.2, 0.25) is 0 Å². The molecule has 2 aromatic carbocycles. The van der Waals surface area contributed by atoms with Gasteiger partial charge in [0, 0.05) is 9.99 Å². The molecule has 29 heavy (non-hydrogen) atoms. The van der Waals surface area contributed by atoms with E-state index >= 15 is 0 Å². The second kappa shape index (κ2) is 8.62. The molecule has 0 bridgehead atoms. The maximum absolute atomic E-state index is 14.0. The van der Waals surface area contributed by atoms with Crippen molar-refractivity contribution in [3.63, 3.8) is 0 Å². The summed E-state index contributed by atoms with van der Waals surface area (Å²) in [7, 11) is -5.91. The second-order valence-corrected chi connectivity index (χ2v) is 7.79. The molecule has 0 aliphatic heterocycles. The van der Waals surface area contributed by atoms with Crippen LogP contribution in [0.25, 0.3) is 0 Å². The van der Waals surface area contributed by atoms with Crippen molar-refractivity contribution in [1.29, 1.82) is 0 Å². The standard InChI is InChI=1S/C16H9F4IO7S/c1-2-9(22)27-8-5-6(21)3-4-7(8)16(23)28-14-10(17)12(19)15(29(24,25)26)13(20)11(14)18/h3-5H,2H2,1H3,(H,24,25,26)/p-1. The summed E-state index contributed by atoms with van der Waals surface area (Å²) < 4.78 is 97.7. The molecule has 2 aromatic rings. The Bertz CT molecular complexity index is 1090. The van der Waals surface area contributed by atoms with Gasteiger partial charge in [0.05, 0.1) is 0 Å². The highest BCUT2D eigenvalue weighted by Crippen LogP contribution is 2.33. The van der Waals surface area contributed by atoms with Crippen molar-refractivity contribution in [1.82, 2.24) is 0 Å². The van der Waals surface area contributed by atoms with Gasteiger partial charge in [-0.1, -0.05) is 6.92 Å². The van der Waals surface area contributed by atoms with Crippen molar-refractivity contribution in [2.75, 3.05) is 0 Å². The molecule has 0 aliphatic rings. The molecule has 0 N–H and O–H groups in total. The fourth-order valence-corrected chi connectivity index (χ4v) is 3.07. The van der Waals surface area contributed by atoms with E-state index < -0.39 is 61.5 Å². The lowest BCUT2D eigenvalue weighted by Gasteiger charge is -2.14. The molecule has 13 heteroatoms. The predicted molar refractivity (Wildman–Crippen MR) is 94.3 cm³/mol. The molecule has 0 saturated heterocycles. The van der Waals surface area contributed by atoms with Crippen LogP contribution in [0, 0.1) is 26.8 Å². The van der Waals surface area contributed by atoms with E-state index in [0.29, 0.717) is 3.57 Å². The first-order valence-corrected chi connectivity index (χ1v) is 9.91. The summed E-state index contributed by atoms with van der Waals surface area (Å²) in [5.74, 6) is -14.5. The topological polar surface area (TPSA) is 110 Å². The van der Waals surface area contributed by atoms with Crippen molar-refractivity contribution in [2.24, 2.45) is 0 Å². The molecule has 7 nitrogen and oxygen atoms in total. The Labute approximate surface area is 174 Å². The first kappa shape index (κ1) is 23.0. The largest absolute Gasteiger partial charge is 0.744 e. The number of benzene rings is 2. The molecule has 0 spiro atoms. The van der Waals surface area contributed by atoms with Crippen LogP contribution in [0.3, 0.4) is 0 Å². The minimum absolute atomic E-state index is 0.0786. The Balaban J connectivity index is 2.54. The highest BCUT2D eigenvalue weighted by molar-refractivity contribution is 14.1. The van der Waals surface area contributed by atoms with Crippen LogP contribution in [0.5, 0.6) is 11.5 Å². The van der Waals surface area contributed by atoms with Crippen LogP contribution in [0.4, 0.5) is 17.6 Å². The summed E-state index contributed by atoms with van der Waals surface area (Å²) in [4.78, 5) is 21.3. The highest BCUT2D eigenvalue weighted by atomic mass is 127. The van der Waals surface area contributed by atoms with Crippen molar-refractivity contribution in [2.45, 2.75) is 18.2 Å². The normalized spacial score (nSPS) is 11.3. The third-order valence-corrected chi connectivity index (χ3v) is 4.83. The summed E-state index contributed by atoms with van der Waals surface area (Å²) in [5, 5.41) is 0. The summed E-state index contributed by atoms with van der Waals surface area (Å²) in [5.41, 5.74) is -0.521. The lowest BCUT2D eigenvalue weighted by molar-refractivity contribution is -0.134. The van der Waals surface area contributed by atoms with Gasteiger partial charge in [0.15, 0.2) is 11.6 Å². The number of carbonyl (C=O) groups is 2. The Kier molecular flexibility index (Phi) is 6.85. The van der Waals surface area contributed by atoms with Gasteiger partial charge in [0.1, 0.15) is 26.3 Å². The zero-order chi connectivity index (χ0) is 22.1. The molecule has 0 aromatic heterocycles. The van der Waals surface area contributed by atoms with Gasteiger partial charge in [-0.2, -0.15) is 8.78 Å². The number of rotatable bonds is 5. The van der Waals surface area contributed by atoms with E-state index in [0.717, 1.165) is 6.07 Å². The Morgan fingerprint density at radius 1 is 1.03 bits per heavy atom. The van der Waals surface area contributed by atoms with Crippen LogP contribution >= 0.6 is 22.6 Å². The zero-order valence-electron chi connectivity index (χ0n) is 14.1. The van der Waals surface area contributed by atoms with Gasteiger partial charge < -0.3 is 14.0 Å². The number of esters is 2. The highest BCUT2D eigenvalue weighted by Gasteiger charge is 2.32. The van der Waals surface area contributed by atoms with Gasteiger partial charge >= 0.3 is 11.9 Å². The summed E-state index contributed by atoms with van der Waals surface area (Å²) in [6.07, 6.45) is -0.0786. The van der Waals surface area contributed by atoms with Crippen LogP contribution in [-0.2, 0) is 14.9 Å². The Morgan fingerprint density at radius 3 is 2.07 bits per heavy atom. The molecule has 156 valence electrons. The number of carbonyl (C=O) groups excluding carboxylic acids is 2. The average Bonchev–Trinajstić information content (AvgIpc) is 2.62. The van der Waals surface area contributed by atoms with E-state index in [-0.39, 0.29) is 12.2 Å². The maximum Gasteiger partial charge on any atom is 0.347 e. The zero-order valence-corrected chi connectivity index (χ0v) is 17.1. The molecule has 0 atom stereocenters. The fraction of sp³-hybridized carbons (Fsp3) is 0.125. The number of hydrogen-bond acceptors (Lipinski definition) is 7. The third kappa shape index (κ3) is 4.84. The van der Waals surface area contributed by atoms with Gasteiger partial charge in [-0.15, -0.1) is 0 Å². The lowest BCUT2D eigenvalue weighted by Crippen LogP contribution is -2.17. The predicted octanol–water partition coefficient (Wildman–Crippen LogP) is 3.29. The number of hydrogen-bond donors (Lipinski definition) is 0. The van der Waals surface area contributed by atoms with Gasteiger partial charge in [0.25, 0.3) is 0 Å². The third-order valence-electron chi connectivity index (χ3n) is 3.30. The van der Waals surface area contributed by atoms with Crippen molar-refractivity contribution in [3.05, 3.63) is 50.6 Å². The first-order valence-electron chi connectivity index (χ1n) is 7.42. The smallest absolute Gasteiger partial charge is 0.347 e. The summed E-state index contributed by atoms with van der Waals surface area (Å²) in [6.45, 7) is 1.45. The van der Waals surface area contributed by atoms with E-state index in [1.165, 1.54) is 19.1 Å². The molecule has 0 fully saturated rings. The van der Waals surface area contributed by atoms with Gasteiger partial charge in [-0.05, 0) is 40.8 Å². The molecular weight excluding hydrogens is 539 g/mol. The molecule has 0 unspecified atom stereocenters. The average molecular weight is 547 g/mol. The second-order valence-electron chi connectivity index (χ2n) is 5.23. The quantitative estimate of drug-likeness (QED) is 0.141. The van der Waals surface area contributed by atoms with Crippen LogP contribution < -0.4 is 9.47 Å².